The Labute approximate surface area is 127 Å². The number of carbonyl (C=O) groups is 1. The van der Waals surface area contributed by atoms with E-state index in [4.69, 9.17) is 4.98 Å². The average Bonchev–Trinajstić information content (AvgIpc) is 3.14. The smallest absolute Gasteiger partial charge is 0.238 e. The van der Waals surface area contributed by atoms with Gasteiger partial charge in [0.05, 0.1) is 11.7 Å². The number of hydrogen-bond acceptors (Lipinski definition) is 4. The molecule has 1 aromatic carbocycles. The molecular weight excluding hydrogens is 282 g/mol. The van der Waals surface area contributed by atoms with E-state index in [1.807, 2.05) is 18.2 Å². The summed E-state index contributed by atoms with van der Waals surface area (Å²) in [5, 5.41) is 6.18. The maximum atomic E-state index is 12.1. The molecule has 1 amide bonds. The number of aromatic nitrogens is 1. The first-order valence-electron chi connectivity index (χ1n) is 7.40. The molecule has 4 rings (SSSR count). The molecule has 0 saturated carbocycles. The van der Waals surface area contributed by atoms with Gasteiger partial charge in [0, 0.05) is 17.5 Å². The molecule has 4 nitrogen and oxygen atoms in total. The van der Waals surface area contributed by atoms with Crippen LogP contribution < -0.4 is 5.32 Å². The molecule has 108 valence electrons. The van der Waals surface area contributed by atoms with Crippen molar-refractivity contribution in [1.82, 2.24) is 15.2 Å². The SMILES string of the molecule is O=C1NC(c2nc(-c3ccccc3)cs2)N2CCCCC12. The minimum absolute atomic E-state index is 0.0368. The normalized spacial score (nSPS) is 25.6. The second-order valence-corrected chi connectivity index (χ2v) is 6.49. The van der Waals surface area contributed by atoms with Crippen LogP contribution in [0.1, 0.15) is 30.4 Å². The summed E-state index contributed by atoms with van der Waals surface area (Å²) in [6, 6.07) is 10.2. The van der Waals surface area contributed by atoms with Crippen molar-refractivity contribution in [1.29, 1.82) is 0 Å². The second-order valence-electron chi connectivity index (χ2n) is 5.60. The Hall–Kier alpha value is -1.72. The lowest BCUT2D eigenvalue weighted by Gasteiger charge is -2.30. The van der Waals surface area contributed by atoms with Gasteiger partial charge in [0.1, 0.15) is 11.2 Å². The van der Waals surface area contributed by atoms with Gasteiger partial charge >= 0.3 is 0 Å². The maximum Gasteiger partial charge on any atom is 0.238 e. The highest BCUT2D eigenvalue weighted by Gasteiger charge is 2.42. The van der Waals surface area contributed by atoms with Crippen LogP contribution in [0, 0.1) is 0 Å². The number of amides is 1. The van der Waals surface area contributed by atoms with E-state index in [1.165, 1.54) is 6.42 Å². The zero-order valence-electron chi connectivity index (χ0n) is 11.7. The topological polar surface area (TPSA) is 45.2 Å². The molecule has 0 spiro atoms. The predicted molar refractivity (Wildman–Crippen MR) is 82.8 cm³/mol. The summed E-state index contributed by atoms with van der Waals surface area (Å²) in [4.78, 5) is 19.1. The van der Waals surface area contributed by atoms with Gasteiger partial charge in [-0.2, -0.15) is 0 Å². The Kier molecular flexibility index (Phi) is 3.24. The standard InChI is InChI=1S/C16H17N3OS/c20-15-13-8-4-5-9-19(13)14(18-15)16-17-12(10-21-16)11-6-2-1-3-7-11/h1-3,6-7,10,13-14H,4-5,8-9H2,(H,18,20). The number of nitrogens with one attached hydrogen (secondary N) is 1. The molecule has 2 unspecified atom stereocenters. The predicted octanol–water partition coefficient (Wildman–Crippen LogP) is 2.79. The van der Waals surface area contributed by atoms with Crippen molar-refractivity contribution in [3.8, 4) is 11.3 Å². The fraction of sp³-hybridized carbons (Fsp3) is 0.375. The van der Waals surface area contributed by atoms with Crippen LogP contribution >= 0.6 is 11.3 Å². The van der Waals surface area contributed by atoms with Gasteiger partial charge in [0.2, 0.25) is 5.91 Å². The fourth-order valence-corrected chi connectivity index (χ4v) is 4.11. The van der Waals surface area contributed by atoms with Crippen LogP contribution in [0.5, 0.6) is 0 Å². The van der Waals surface area contributed by atoms with Crippen molar-refractivity contribution < 1.29 is 4.79 Å². The molecule has 1 aromatic heterocycles. The monoisotopic (exact) mass is 299 g/mol. The Morgan fingerprint density at radius 3 is 2.95 bits per heavy atom. The largest absolute Gasteiger partial charge is 0.333 e. The number of benzene rings is 1. The fourth-order valence-electron chi connectivity index (χ4n) is 3.22. The van der Waals surface area contributed by atoms with Crippen LogP contribution in [0.15, 0.2) is 35.7 Å². The number of thiazole rings is 1. The van der Waals surface area contributed by atoms with Gasteiger partial charge in [-0.05, 0) is 12.8 Å². The van der Waals surface area contributed by atoms with E-state index < -0.39 is 0 Å². The van der Waals surface area contributed by atoms with Crippen LogP contribution in [0.25, 0.3) is 11.3 Å². The van der Waals surface area contributed by atoms with Crippen molar-refractivity contribution in [2.24, 2.45) is 0 Å². The highest BCUT2D eigenvalue weighted by molar-refractivity contribution is 7.10. The first-order chi connectivity index (χ1) is 10.3. The molecule has 5 heteroatoms. The summed E-state index contributed by atoms with van der Waals surface area (Å²) in [6.45, 7) is 0.980. The summed E-state index contributed by atoms with van der Waals surface area (Å²) < 4.78 is 0. The van der Waals surface area contributed by atoms with Crippen LogP contribution in [-0.4, -0.2) is 28.4 Å². The molecule has 2 fully saturated rings. The summed E-state index contributed by atoms with van der Waals surface area (Å²) >= 11 is 1.63. The first kappa shape index (κ1) is 13.0. The molecule has 2 aliphatic rings. The third kappa shape index (κ3) is 2.26. The lowest BCUT2D eigenvalue weighted by atomic mass is 10.0. The lowest BCUT2D eigenvalue weighted by molar-refractivity contribution is -0.122. The number of fused-ring (bicyclic) bond motifs is 1. The van der Waals surface area contributed by atoms with Crippen LogP contribution in [0.2, 0.25) is 0 Å². The van der Waals surface area contributed by atoms with Crippen LogP contribution in [-0.2, 0) is 4.79 Å². The molecular formula is C16H17N3OS. The quantitative estimate of drug-likeness (QED) is 0.927. The zero-order valence-corrected chi connectivity index (χ0v) is 12.5. The third-order valence-electron chi connectivity index (χ3n) is 4.28. The summed E-state index contributed by atoms with van der Waals surface area (Å²) in [7, 11) is 0. The molecule has 21 heavy (non-hydrogen) atoms. The van der Waals surface area contributed by atoms with Gasteiger partial charge in [-0.1, -0.05) is 36.8 Å². The summed E-state index contributed by atoms with van der Waals surface area (Å²) in [6.07, 6.45) is 3.25. The van der Waals surface area contributed by atoms with Gasteiger partial charge in [-0.25, -0.2) is 4.98 Å². The van der Waals surface area contributed by atoms with E-state index in [0.717, 1.165) is 35.7 Å². The maximum absolute atomic E-state index is 12.1. The molecule has 0 aliphatic carbocycles. The van der Waals surface area contributed by atoms with E-state index in [-0.39, 0.29) is 18.1 Å². The highest BCUT2D eigenvalue weighted by Crippen LogP contribution is 2.34. The second kappa shape index (κ2) is 5.24. The average molecular weight is 299 g/mol. The summed E-state index contributed by atoms with van der Waals surface area (Å²) in [5.41, 5.74) is 2.12. The number of nitrogens with zero attached hydrogens (tertiary/aromatic N) is 2. The number of carbonyl (C=O) groups excluding carboxylic acids is 1. The number of hydrogen-bond donors (Lipinski definition) is 1. The molecule has 3 heterocycles. The van der Waals surface area contributed by atoms with E-state index in [2.05, 4.69) is 27.7 Å². The van der Waals surface area contributed by atoms with Crippen LogP contribution in [0.4, 0.5) is 0 Å². The van der Waals surface area contributed by atoms with Gasteiger partial charge in [-0.15, -0.1) is 11.3 Å². The molecule has 2 aromatic rings. The van der Waals surface area contributed by atoms with E-state index in [9.17, 15) is 4.79 Å². The Morgan fingerprint density at radius 2 is 2.10 bits per heavy atom. The molecule has 2 saturated heterocycles. The molecule has 0 radical (unpaired) electrons. The van der Waals surface area contributed by atoms with Gasteiger partial charge in [-0.3, -0.25) is 9.69 Å². The minimum atomic E-state index is -0.0368. The highest BCUT2D eigenvalue weighted by atomic mass is 32.1. The van der Waals surface area contributed by atoms with Crippen molar-refractivity contribution >= 4 is 17.2 Å². The van der Waals surface area contributed by atoms with E-state index in [1.54, 1.807) is 11.3 Å². The molecule has 0 bridgehead atoms. The Balaban J connectivity index is 1.62. The number of rotatable bonds is 2. The van der Waals surface area contributed by atoms with Crippen molar-refractivity contribution in [3.05, 3.63) is 40.7 Å². The molecule has 2 aliphatic heterocycles. The molecule has 2 atom stereocenters. The number of piperidine rings is 1. The van der Waals surface area contributed by atoms with Crippen molar-refractivity contribution in [3.63, 3.8) is 0 Å². The third-order valence-corrected chi connectivity index (χ3v) is 5.18. The first-order valence-corrected chi connectivity index (χ1v) is 8.28. The Bertz CT molecular complexity index is 655. The van der Waals surface area contributed by atoms with E-state index >= 15 is 0 Å². The Morgan fingerprint density at radius 1 is 1.24 bits per heavy atom. The van der Waals surface area contributed by atoms with E-state index in [0.29, 0.717) is 0 Å². The lowest BCUT2D eigenvalue weighted by Crippen LogP contribution is -2.38. The zero-order chi connectivity index (χ0) is 14.2. The van der Waals surface area contributed by atoms with Gasteiger partial charge in [0.25, 0.3) is 0 Å². The van der Waals surface area contributed by atoms with Gasteiger partial charge in [0.15, 0.2) is 0 Å². The molecule has 1 N–H and O–H groups in total. The van der Waals surface area contributed by atoms with Crippen molar-refractivity contribution in [2.75, 3.05) is 6.54 Å². The van der Waals surface area contributed by atoms with Gasteiger partial charge < -0.3 is 5.32 Å². The minimum Gasteiger partial charge on any atom is -0.333 e. The summed E-state index contributed by atoms with van der Waals surface area (Å²) in [5.74, 6) is 0.163. The van der Waals surface area contributed by atoms with Crippen LogP contribution in [0.3, 0.4) is 0 Å². The van der Waals surface area contributed by atoms with Crippen molar-refractivity contribution in [2.45, 2.75) is 31.5 Å².